The Morgan fingerprint density at radius 1 is 1.37 bits per heavy atom. The summed E-state index contributed by atoms with van der Waals surface area (Å²) in [4.78, 5) is 2.23. The van der Waals surface area contributed by atoms with Crippen molar-refractivity contribution in [2.45, 2.75) is 12.5 Å². The molecule has 0 aliphatic carbocycles. The maximum absolute atomic E-state index is 14.0. The van der Waals surface area contributed by atoms with E-state index in [0.29, 0.717) is 12.0 Å². The molecule has 0 amide bonds. The molecule has 2 rings (SSSR count). The molecule has 1 aromatic rings. The summed E-state index contributed by atoms with van der Waals surface area (Å²) in [6.07, 6.45) is 0.555. The predicted molar refractivity (Wildman–Crippen MR) is 80.2 cm³/mol. The van der Waals surface area contributed by atoms with Gasteiger partial charge in [0.1, 0.15) is 5.82 Å². The van der Waals surface area contributed by atoms with Crippen LogP contribution in [0.4, 0.5) is 4.39 Å². The van der Waals surface area contributed by atoms with E-state index in [2.05, 4.69) is 26.1 Å². The Hall–Kier alpha value is -0.200. The third-order valence-corrected chi connectivity index (χ3v) is 4.02. The van der Waals surface area contributed by atoms with Gasteiger partial charge >= 0.3 is 0 Å². The smallest absolute Gasteiger partial charge is 0.129 e. The molecule has 1 aliphatic heterocycles. The van der Waals surface area contributed by atoms with Gasteiger partial charge < -0.3 is 10.4 Å². The zero-order chi connectivity index (χ0) is 13.0. The number of aliphatic hydroxyl groups excluding tert-OH is 1. The number of nitrogens with zero attached hydrogens (tertiary/aromatic N) is 1. The third kappa shape index (κ3) is 4.13. The maximum atomic E-state index is 14.0. The fourth-order valence-corrected chi connectivity index (χ4v) is 3.06. The molecule has 6 heteroatoms. The van der Waals surface area contributed by atoms with Gasteiger partial charge in [-0.2, -0.15) is 0 Å². The maximum Gasteiger partial charge on any atom is 0.129 e. The average molecular weight is 354 g/mol. The van der Waals surface area contributed by atoms with Crippen LogP contribution in [0, 0.1) is 5.82 Å². The first-order chi connectivity index (χ1) is 8.74. The fraction of sp³-hybridized carbons (Fsp3) is 0.538. The second-order valence-electron chi connectivity index (χ2n) is 4.45. The van der Waals surface area contributed by atoms with Gasteiger partial charge in [0.25, 0.3) is 0 Å². The first kappa shape index (κ1) is 16.9. The minimum absolute atomic E-state index is 0. The predicted octanol–water partition coefficient (Wildman–Crippen LogP) is 2.34. The van der Waals surface area contributed by atoms with E-state index >= 15 is 0 Å². The molecule has 3 nitrogen and oxygen atoms in total. The lowest BCUT2D eigenvalue weighted by Gasteiger charge is -2.35. The van der Waals surface area contributed by atoms with E-state index in [0.717, 1.165) is 30.7 Å². The van der Waals surface area contributed by atoms with Crippen LogP contribution in [-0.4, -0.2) is 42.8 Å². The molecule has 108 valence electrons. The lowest BCUT2D eigenvalue weighted by molar-refractivity contribution is 0.138. The van der Waals surface area contributed by atoms with Crippen molar-refractivity contribution in [1.29, 1.82) is 0 Å². The zero-order valence-electron chi connectivity index (χ0n) is 10.6. The Labute approximate surface area is 127 Å². The number of nitrogens with one attached hydrogen (secondary N) is 1. The van der Waals surface area contributed by atoms with Gasteiger partial charge in [-0.15, -0.1) is 12.4 Å². The first-order valence-corrected chi connectivity index (χ1v) is 7.03. The van der Waals surface area contributed by atoms with Crippen molar-refractivity contribution in [3.8, 4) is 0 Å². The monoisotopic (exact) mass is 352 g/mol. The lowest BCUT2D eigenvalue weighted by atomic mass is 10.0. The van der Waals surface area contributed by atoms with Crippen molar-refractivity contribution in [2.75, 3.05) is 32.8 Å². The second-order valence-corrected chi connectivity index (χ2v) is 5.30. The van der Waals surface area contributed by atoms with E-state index in [9.17, 15) is 9.50 Å². The minimum atomic E-state index is -0.207. The topological polar surface area (TPSA) is 35.5 Å². The van der Waals surface area contributed by atoms with Crippen LogP contribution in [0.1, 0.15) is 18.0 Å². The molecule has 19 heavy (non-hydrogen) atoms. The lowest BCUT2D eigenvalue weighted by Crippen LogP contribution is -2.45. The van der Waals surface area contributed by atoms with Crippen LogP contribution >= 0.6 is 28.3 Å². The number of hydrogen-bond donors (Lipinski definition) is 2. The molecular formula is C13H19BrClFN2O. The van der Waals surface area contributed by atoms with Gasteiger partial charge in [-0.1, -0.05) is 22.0 Å². The van der Waals surface area contributed by atoms with Crippen molar-refractivity contribution >= 4 is 28.3 Å². The highest BCUT2D eigenvalue weighted by molar-refractivity contribution is 9.10. The quantitative estimate of drug-likeness (QED) is 0.872. The first-order valence-electron chi connectivity index (χ1n) is 6.23. The van der Waals surface area contributed by atoms with Crippen molar-refractivity contribution < 1.29 is 9.50 Å². The van der Waals surface area contributed by atoms with Crippen molar-refractivity contribution in [1.82, 2.24) is 10.2 Å². The van der Waals surface area contributed by atoms with E-state index in [-0.39, 0.29) is 30.9 Å². The van der Waals surface area contributed by atoms with Crippen LogP contribution in [0.5, 0.6) is 0 Å². The largest absolute Gasteiger partial charge is 0.396 e. The molecule has 0 aromatic heterocycles. The third-order valence-electron chi connectivity index (χ3n) is 3.33. The normalized spacial score (nSPS) is 17.8. The number of benzene rings is 1. The molecule has 2 N–H and O–H groups in total. The van der Waals surface area contributed by atoms with Crippen molar-refractivity contribution in [3.63, 3.8) is 0 Å². The number of piperazine rings is 1. The zero-order valence-corrected chi connectivity index (χ0v) is 13.0. The fourth-order valence-electron chi connectivity index (χ4n) is 2.45. The number of halogens is 3. The molecule has 1 atom stereocenters. The standard InChI is InChI=1S/C13H18BrFN2O.ClH/c14-10-2-1-3-11(15)13(10)12(4-9-18)17-7-5-16-6-8-17;/h1-3,12,16,18H,4-9H2;1H/t12-;/m0./s1. The summed E-state index contributed by atoms with van der Waals surface area (Å²) in [5.74, 6) is -0.207. The highest BCUT2D eigenvalue weighted by Gasteiger charge is 2.25. The molecule has 0 bridgehead atoms. The minimum Gasteiger partial charge on any atom is -0.396 e. The summed E-state index contributed by atoms with van der Waals surface area (Å²) >= 11 is 3.42. The van der Waals surface area contributed by atoms with Gasteiger partial charge in [-0.05, 0) is 18.6 Å². The second kappa shape index (κ2) is 8.17. The van der Waals surface area contributed by atoms with Gasteiger partial charge in [-0.3, -0.25) is 4.90 Å². The van der Waals surface area contributed by atoms with Crippen molar-refractivity contribution in [2.24, 2.45) is 0 Å². The summed E-state index contributed by atoms with van der Waals surface area (Å²) in [6.45, 7) is 3.65. The molecule has 0 spiro atoms. The summed E-state index contributed by atoms with van der Waals surface area (Å²) < 4.78 is 14.8. The van der Waals surface area contributed by atoms with Gasteiger partial charge in [0.15, 0.2) is 0 Å². The van der Waals surface area contributed by atoms with Gasteiger partial charge in [0.2, 0.25) is 0 Å². The number of aliphatic hydroxyl groups is 1. The summed E-state index contributed by atoms with van der Waals surface area (Å²) in [5.41, 5.74) is 0.661. The summed E-state index contributed by atoms with van der Waals surface area (Å²) in [7, 11) is 0. The van der Waals surface area contributed by atoms with E-state index < -0.39 is 0 Å². The van der Waals surface area contributed by atoms with E-state index in [4.69, 9.17) is 0 Å². The molecule has 1 aromatic carbocycles. The molecule has 1 heterocycles. The van der Waals surface area contributed by atoms with Crippen LogP contribution in [0.2, 0.25) is 0 Å². The van der Waals surface area contributed by atoms with Crippen LogP contribution < -0.4 is 5.32 Å². The Morgan fingerprint density at radius 2 is 2.05 bits per heavy atom. The Morgan fingerprint density at radius 3 is 2.63 bits per heavy atom. The molecule has 0 radical (unpaired) electrons. The Balaban J connectivity index is 0.00000180. The molecule has 1 aliphatic rings. The molecule has 1 fully saturated rings. The average Bonchev–Trinajstić information content (AvgIpc) is 2.38. The van der Waals surface area contributed by atoms with Crippen LogP contribution in [0.15, 0.2) is 22.7 Å². The van der Waals surface area contributed by atoms with Crippen molar-refractivity contribution in [3.05, 3.63) is 34.1 Å². The highest BCUT2D eigenvalue weighted by Crippen LogP contribution is 2.32. The van der Waals surface area contributed by atoms with Gasteiger partial charge in [-0.25, -0.2) is 4.39 Å². The number of rotatable bonds is 4. The Kier molecular flexibility index (Phi) is 7.25. The molecular weight excluding hydrogens is 335 g/mol. The SMILES string of the molecule is Cl.OCC[C@@H](c1c(F)cccc1Br)N1CCNCC1. The van der Waals surface area contributed by atoms with Gasteiger partial charge in [0, 0.05) is 48.9 Å². The molecule has 0 unspecified atom stereocenters. The van der Waals surface area contributed by atoms with Crippen LogP contribution in [-0.2, 0) is 0 Å². The Bertz CT molecular complexity index is 382. The van der Waals surface area contributed by atoms with E-state index in [1.165, 1.54) is 6.07 Å². The highest BCUT2D eigenvalue weighted by atomic mass is 79.9. The molecule has 1 saturated heterocycles. The van der Waals surface area contributed by atoms with Crippen LogP contribution in [0.3, 0.4) is 0 Å². The van der Waals surface area contributed by atoms with E-state index in [1.54, 1.807) is 6.07 Å². The summed E-state index contributed by atoms with van der Waals surface area (Å²) in [6, 6.07) is 4.96. The number of hydrogen-bond acceptors (Lipinski definition) is 3. The van der Waals surface area contributed by atoms with E-state index in [1.807, 2.05) is 6.07 Å². The van der Waals surface area contributed by atoms with Crippen LogP contribution in [0.25, 0.3) is 0 Å². The molecule has 0 saturated carbocycles. The summed E-state index contributed by atoms with van der Waals surface area (Å²) in [5, 5.41) is 12.5. The van der Waals surface area contributed by atoms with Gasteiger partial charge in [0.05, 0.1) is 0 Å².